The minimum Gasteiger partial charge on any atom is -0.488 e. The van der Waals surface area contributed by atoms with Crippen LogP contribution in [0.1, 0.15) is 26.3 Å². The third-order valence-electron chi connectivity index (χ3n) is 2.25. The van der Waals surface area contributed by atoms with Crippen LogP contribution in [0.5, 0.6) is 5.75 Å². The number of methoxy groups -OCH3 is 1. The van der Waals surface area contributed by atoms with Crippen molar-refractivity contribution < 1.29 is 19.4 Å². The lowest BCUT2D eigenvalue weighted by atomic mass is 10.1. The number of carbonyl (C=O) groups is 1. The molecule has 0 amide bonds. The minimum atomic E-state index is -1.12. The second-order valence-electron chi connectivity index (χ2n) is 5.10. The average molecular weight is 252 g/mol. The van der Waals surface area contributed by atoms with E-state index in [0.29, 0.717) is 0 Å². The van der Waals surface area contributed by atoms with Gasteiger partial charge in [-0.2, -0.15) is 0 Å². The average Bonchev–Trinajstić information content (AvgIpc) is 2.28. The summed E-state index contributed by atoms with van der Waals surface area (Å²) in [5.74, 6) is 0.142. The van der Waals surface area contributed by atoms with Crippen LogP contribution in [-0.2, 0) is 16.0 Å². The Morgan fingerprint density at radius 2 is 1.83 bits per heavy atom. The van der Waals surface area contributed by atoms with Gasteiger partial charge in [0.2, 0.25) is 0 Å². The molecule has 1 rings (SSSR count). The molecule has 0 saturated carbocycles. The highest BCUT2D eigenvalue weighted by molar-refractivity contribution is 5.74. The van der Waals surface area contributed by atoms with Crippen molar-refractivity contribution in [2.24, 2.45) is 0 Å². The number of aliphatic hydroxyl groups is 1. The first kappa shape index (κ1) is 14.5. The molecule has 0 aliphatic heterocycles. The number of benzene rings is 1. The molecule has 4 nitrogen and oxygen atoms in total. The van der Waals surface area contributed by atoms with Gasteiger partial charge in [-0.3, -0.25) is 0 Å². The number of hydrogen-bond acceptors (Lipinski definition) is 4. The van der Waals surface area contributed by atoms with Crippen LogP contribution >= 0.6 is 0 Å². The molecule has 0 spiro atoms. The van der Waals surface area contributed by atoms with Crippen LogP contribution in [0.3, 0.4) is 0 Å². The maximum atomic E-state index is 11.1. The van der Waals surface area contributed by atoms with E-state index in [2.05, 4.69) is 4.74 Å². The molecule has 0 saturated heterocycles. The maximum absolute atomic E-state index is 11.1. The van der Waals surface area contributed by atoms with Crippen LogP contribution in [0.2, 0.25) is 0 Å². The summed E-state index contributed by atoms with van der Waals surface area (Å²) >= 11 is 0. The van der Waals surface area contributed by atoms with Crippen LogP contribution in [0.15, 0.2) is 24.3 Å². The second kappa shape index (κ2) is 5.87. The van der Waals surface area contributed by atoms with Crippen molar-refractivity contribution in [1.29, 1.82) is 0 Å². The smallest absolute Gasteiger partial charge is 0.335 e. The number of rotatable bonds is 4. The predicted octanol–water partition coefficient (Wildman–Crippen LogP) is 1.94. The molecule has 0 aliphatic rings. The summed E-state index contributed by atoms with van der Waals surface area (Å²) in [4.78, 5) is 11.1. The van der Waals surface area contributed by atoms with Gasteiger partial charge in [0.25, 0.3) is 0 Å². The quantitative estimate of drug-likeness (QED) is 0.832. The van der Waals surface area contributed by atoms with E-state index in [4.69, 9.17) is 4.74 Å². The van der Waals surface area contributed by atoms with E-state index in [9.17, 15) is 9.90 Å². The second-order valence-corrected chi connectivity index (χ2v) is 5.10. The van der Waals surface area contributed by atoms with Crippen LogP contribution in [-0.4, -0.2) is 29.9 Å². The topological polar surface area (TPSA) is 55.8 Å². The summed E-state index contributed by atoms with van der Waals surface area (Å²) in [6.07, 6.45) is -0.882. The first-order valence-corrected chi connectivity index (χ1v) is 5.85. The number of hydrogen-bond donors (Lipinski definition) is 1. The van der Waals surface area contributed by atoms with Gasteiger partial charge in [0.1, 0.15) is 11.4 Å². The molecular weight excluding hydrogens is 232 g/mol. The van der Waals surface area contributed by atoms with Crippen molar-refractivity contribution >= 4 is 5.97 Å². The van der Waals surface area contributed by atoms with Crippen LogP contribution in [0, 0.1) is 0 Å². The number of ether oxygens (including phenoxy) is 2. The molecule has 100 valence electrons. The molecule has 1 aromatic rings. The standard InChI is InChI=1S/C14H20O4/c1-14(2,3)18-11-7-5-10(6-8-11)9-12(15)13(16)17-4/h5-8,12,15H,9H2,1-4H3/t12-/m0/s1. The monoisotopic (exact) mass is 252 g/mol. The highest BCUT2D eigenvalue weighted by Crippen LogP contribution is 2.19. The van der Waals surface area contributed by atoms with Crippen molar-refractivity contribution in [2.75, 3.05) is 7.11 Å². The van der Waals surface area contributed by atoms with E-state index >= 15 is 0 Å². The minimum absolute atomic E-state index is 0.239. The zero-order chi connectivity index (χ0) is 13.8. The van der Waals surface area contributed by atoms with Gasteiger partial charge in [0.05, 0.1) is 7.11 Å². The van der Waals surface area contributed by atoms with E-state index in [0.717, 1.165) is 11.3 Å². The van der Waals surface area contributed by atoms with Crippen LogP contribution in [0.4, 0.5) is 0 Å². The Bertz CT molecular complexity index is 389. The Hall–Kier alpha value is -1.55. The van der Waals surface area contributed by atoms with Gasteiger partial charge in [-0.1, -0.05) is 12.1 Å². The lowest BCUT2D eigenvalue weighted by molar-refractivity contribution is -0.150. The fourth-order valence-electron chi connectivity index (χ4n) is 1.49. The van der Waals surface area contributed by atoms with E-state index in [1.807, 2.05) is 45.0 Å². The summed E-state index contributed by atoms with van der Waals surface area (Å²) in [6.45, 7) is 5.92. The summed E-state index contributed by atoms with van der Waals surface area (Å²) in [7, 11) is 1.26. The van der Waals surface area contributed by atoms with Crippen molar-refractivity contribution in [3.05, 3.63) is 29.8 Å². The first-order valence-electron chi connectivity index (χ1n) is 5.85. The normalized spacial score (nSPS) is 12.9. The van der Waals surface area contributed by atoms with E-state index in [1.54, 1.807) is 0 Å². The van der Waals surface area contributed by atoms with Crippen molar-refractivity contribution in [2.45, 2.75) is 38.9 Å². The molecule has 0 radical (unpaired) electrons. The van der Waals surface area contributed by atoms with Gasteiger partial charge < -0.3 is 14.6 Å². The summed E-state index contributed by atoms with van der Waals surface area (Å²) in [5, 5.41) is 9.52. The van der Waals surface area contributed by atoms with E-state index in [1.165, 1.54) is 7.11 Å². The van der Waals surface area contributed by atoms with E-state index < -0.39 is 12.1 Å². The third kappa shape index (κ3) is 4.75. The molecule has 0 fully saturated rings. The third-order valence-corrected chi connectivity index (χ3v) is 2.25. The molecule has 1 aromatic carbocycles. The Labute approximate surface area is 108 Å². The van der Waals surface area contributed by atoms with E-state index in [-0.39, 0.29) is 12.0 Å². The van der Waals surface area contributed by atoms with Crippen molar-refractivity contribution in [3.63, 3.8) is 0 Å². The number of esters is 1. The molecule has 1 N–H and O–H groups in total. The molecule has 4 heteroatoms. The van der Waals surface area contributed by atoms with Gasteiger partial charge >= 0.3 is 5.97 Å². The molecule has 18 heavy (non-hydrogen) atoms. The van der Waals surface area contributed by atoms with Crippen LogP contribution in [0.25, 0.3) is 0 Å². The summed E-state index contributed by atoms with van der Waals surface area (Å²) in [5.41, 5.74) is 0.613. The lowest BCUT2D eigenvalue weighted by Gasteiger charge is -2.21. The molecule has 0 bridgehead atoms. The Balaban J connectivity index is 2.63. The van der Waals surface area contributed by atoms with Crippen molar-refractivity contribution in [3.8, 4) is 5.75 Å². The molecule has 0 aliphatic carbocycles. The Morgan fingerprint density at radius 3 is 2.28 bits per heavy atom. The SMILES string of the molecule is COC(=O)[C@@H](O)Cc1ccc(OC(C)(C)C)cc1. The van der Waals surface area contributed by atoms with Crippen molar-refractivity contribution in [1.82, 2.24) is 0 Å². The summed E-state index contributed by atoms with van der Waals surface area (Å²) < 4.78 is 10.1. The van der Waals surface area contributed by atoms with Gasteiger partial charge in [0, 0.05) is 6.42 Å². The largest absolute Gasteiger partial charge is 0.488 e. The highest BCUT2D eigenvalue weighted by atomic mass is 16.5. The van der Waals surface area contributed by atoms with Gasteiger partial charge in [-0.05, 0) is 38.5 Å². The fraction of sp³-hybridized carbons (Fsp3) is 0.500. The first-order chi connectivity index (χ1) is 8.31. The number of carbonyl (C=O) groups excluding carboxylic acids is 1. The van der Waals surface area contributed by atoms with Gasteiger partial charge in [-0.25, -0.2) is 4.79 Å². The zero-order valence-electron chi connectivity index (χ0n) is 11.3. The van der Waals surface area contributed by atoms with Gasteiger partial charge in [0.15, 0.2) is 6.10 Å². The maximum Gasteiger partial charge on any atom is 0.335 e. The highest BCUT2D eigenvalue weighted by Gasteiger charge is 2.16. The molecule has 0 unspecified atom stereocenters. The zero-order valence-corrected chi connectivity index (χ0v) is 11.3. The lowest BCUT2D eigenvalue weighted by Crippen LogP contribution is -2.24. The molecule has 1 atom stereocenters. The van der Waals surface area contributed by atoms with Gasteiger partial charge in [-0.15, -0.1) is 0 Å². The molecule has 0 heterocycles. The molecule has 0 aromatic heterocycles. The number of aliphatic hydroxyl groups excluding tert-OH is 1. The summed E-state index contributed by atoms with van der Waals surface area (Å²) in [6, 6.07) is 7.30. The fourth-order valence-corrected chi connectivity index (χ4v) is 1.49. The Morgan fingerprint density at radius 1 is 1.28 bits per heavy atom. The predicted molar refractivity (Wildman–Crippen MR) is 68.5 cm³/mol. The Kier molecular flexibility index (Phi) is 4.73. The molecular formula is C14H20O4. The van der Waals surface area contributed by atoms with Crippen LogP contribution < -0.4 is 4.74 Å².